The van der Waals surface area contributed by atoms with Gasteiger partial charge < -0.3 is 4.90 Å². The minimum absolute atomic E-state index is 0.154. The normalized spacial score (nSPS) is 15.0. The summed E-state index contributed by atoms with van der Waals surface area (Å²) in [7, 11) is 0. The summed E-state index contributed by atoms with van der Waals surface area (Å²) in [6.45, 7) is 3.61. The number of nitriles is 1. The zero-order valence-electron chi connectivity index (χ0n) is 13.0. The molecular formula is C17H18N4OS. The molecule has 0 radical (unpaired) electrons. The average Bonchev–Trinajstić information content (AvgIpc) is 3.18. The minimum Gasteiger partial charge on any atom is -0.323 e. The molecule has 0 saturated carbocycles. The molecule has 1 fully saturated rings. The first kappa shape index (κ1) is 15.5. The first-order valence-corrected chi connectivity index (χ1v) is 8.48. The van der Waals surface area contributed by atoms with E-state index < -0.39 is 0 Å². The number of amides is 2. The van der Waals surface area contributed by atoms with Crippen LogP contribution < -0.4 is 4.80 Å². The number of thiazole rings is 1. The molecule has 23 heavy (non-hydrogen) atoms. The van der Waals surface area contributed by atoms with Crippen LogP contribution >= 0.6 is 11.3 Å². The molecule has 1 aliphatic rings. The van der Waals surface area contributed by atoms with Gasteiger partial charge >= 0.3 is 6.03 Å². The molecule has 0 bridgehead atoms. The van der Waals surface area contributed by atoms with Crippen molar-refractivity contribution in [2.75, 3.05) is 13.1 Å². The zero-order chi connectivity index (χ0) is 16.2. The van der Waals surface area contributed by atoms with Crippen molar-refractivity contribution in [1.29, 1.82) is 5.26 Å². The second-order valence-corrected chi connectivity index (χ2v) is 6.80. The Hall–Kier alpha value is -2.39. The highest BCUT2D eigenvalue weighted by atomic mass is 32.1. The Morgan fingerprint density at radius 3 is 2.65 bits per heavy atom. The van der Waals surface area contributed by atoms with Crippen molar-refractivity contribution >= 4 is 17.4 Å². The standard InChI is InChI=1S/C17H18N4OS/c1-13-12-21(15-6-4-14(5-7-15)8-9-18)17(23-13)19-16(22)20-10-2-3-11-20/h4-7,12H,2-3,8,10-11H2,1H3/b19-17-. The van der Waals surface area contributed by atoms with Gasteiger partial charge in [-0.15, -0.1) is 11.3 Å². The molecule has 5 nitrogen and oxygen atoms in total. The van der Waals surface area contributed by atoms with Crippen LogP contribution in [0.15, 0.2) is 35.5 Å². The van der Waals surface area contributed by atoms with E-state index >= 15 is 0 Å². The van der Waals surface area contributed by atoms with Crippen molar-refractivity contribution in [3.63, 3.8) is 0 Å². The fraction of sp³-hybridized carbons (Fsp3) is 0.353. The minimum atomic E-state index is -0.154. The van der Waals surface area contributed by atoms with Crippen LogP contribution in [0.2, 0.25) is 0 Å². The number of aryl methyl sites for hydroxylation is 1. The molecule has 0 atom stereocenters. The first-order chi connectivity index (χ1) is 11.2. The number of benzene rings is 1. The zero-order valence-corrected chi connectivity index (χ0v) is 13.8. The predicted molar refractivity (Wildman–Crippen MR) is 89.5 cm³/mol. The van der Waals surface area contributed by atoms with Crippen molar-refractivity contribution in [3.05, 3.63) is 45.7 Å². The van der Waals surface area contributed by atoms with Crippen LogP contribution in [0.3, 0.4) is 0 Å². The van der Waals surface area contributed by atoms with Gasteiger partial charge in [-0.2, -0.15) is 10.3 Å². The highest BCUT2D eigenvalue weighted by molar-refractivity contribution is 7.09. The van der Waals surface area contributed by atoms with Gasteiger partial charge in [0.25, 0.3) is 0 Å². The van der Waals surface area contributed by atoms with Crippen LogP contribution in [0.25, 0.3) is 5.69 Å². The lowest BCUT2D eigenvalue weighted by Gasteiger charge is -2.10. The number of urea groups is 1. The lowest BCUT2D eigenvalue weighted by molar-refractivity contribution is 0.218. The molecule has 2 heterocycles. The van der Waals surface area contributed by atoms with E-state index in [0.29, 0.717) is 11.2 Å². The molecule has 0 aliphatic carbocycles. The van der Waals surface area contributed by atoms with Crippen LogP contribution in [0, 0.1) is 18.3 Å². The van der Waals surface area contributed by atoms with E-state index in [2.05, 4.69) is 11.1 Å². The molecule has 0 spiro atoms. The molecule has 118 valence electrons. The third-order valence-corrected chi connectivity index (χ3v) is 4.73. The predicted octanol–water partition coefficient (Wildman–Crippen LogP) is 3.03. The number of rotatable bonds is 2. The van der Waals surface area contributed by atoms with Gasteiger partial charge in [-0.05, 0) is 37.5 Å². The summed E-state index contributed by atoms with van der Waals surface area (Å²) in [6, 6.07) is 9.77. The highest BCUT2D eigenvalue weighted by Crippen LogP contribution is 2.13. The van der Waals surface area contributed by atoms with Crippen molar-refractivity contribution in [2.45, 2.75) is 26.2 Å². The van der Waals surface area contributed by atoms with Gasteiger partial charge in [0.2, 0.25) is 0 Å². The molecule has 1 aromatic carbocycles. The van der Waals surface area contributed by atoms with E-state index in [1.807, 2.05) is 42.0 Å². The summed E-state index contributed by atoms with van der Waals surface area (Å²) in [6.07, 6.45) is 4.51. The summed E-state index contributed by atoms with van der Waals surface area (Å²) < 4.78 is 1.93. The third-order valence-electron chi connectivity index (χ3n) is 3.83. The Labute approximate surface area is 139 Å². The van der Waals surface area contributed by atoms with Gasteiger partial charge in [0.15, 0.2) is 4.80 Å². The number of hydrogen-bond acceptors (Lipinski definition) is 3. The quantitative estimate of drug-likeness (QED) is 0.851. The molecule has 1 aromatic heterocycles. The molecule has 0 N–H and O–H groups in total. The van der Waals surface area contributed by atoms with Crippen LogP contribution in [0.5, 0.6) is 0 Å². The number of carbonyl (C=O) groups excluding carboxylic acids is 1. The van der Waals surface area contributed by atoms with Crippen LogP contribution in [-0.2, 0) is 6.42 Å². The maximum absolute atomic E-state index is 12.3. The molecule has 2 amide bonds. The Bertz CT molecular complexity index is 804. The van der Waals surface area contributed by atoms with E-state index in [9.17, 15) is 4.79 Å². The number of likely N-dealkylation sites (tertiary alicyclic amines) is 1. The summed E-state index contributed by atoms with van der Waals surface area (Å²) >= 11 is 1.51. The molecule has 1 saturated heterocycles. The molecule has 6 heteroatoms. The summed E-state index contributed by atoms with van der Waals surface area (Å²) in [4.78, 5) is 20.2. The maximum Gasteiger partial charge on any atom is 0.346 e. The van der Waals surface area contributed by atoms with E-state index in [1.54, 1.807) is 4.90 Å². The lowest BCUT2D eigenvalue weighted by atomic mass is 10.1. The molecule has 0 unspecified atom stereocenters. The highest BCUT2D eigenvalue weighted by Gasteiger charge is 2.17. The van der Waals surface area contributed by atoms with Crippen molar-refractivity contribution in [3.8, 4) is 11.8 Å². The number of hydrogen-bond donors (Lipinski definition) is 0. The summed E-state index contributed by atoms with van der Waals surface area (Å²) in [5.74, 6) is 0. The van der Waals surface area contributed by atoms with Gasteiger partial charge in [-0.25, -0.2) is 4.79 Å². The van der Waals surface area contributed by atoms with E-state index in [-0.39, 0.29) is 6.03 Å². The molecule has 2 aromatic rings. The Morgan fingerprint density at radius 2 is 2.00 bits per heavy atom. The largest absolute Gasteiger partial charge is 0.346 e. The lowest BCUT2D eigenvalue weighted by Crippen LogP contribution is -2.27. The number of aromatic nitrogens is 1. The van der Waals surface area contributed by atoms with E-state index in [4.69, 9.17) is 5.26 Å². The van der Waals surface area contributed by atoms with Gasteiger partial charge in [0.1, 0.15) is 0 Å². The van der Waals surface area contributed by atoms with Gasteiger partial charge in [0.05, 0.1) is 12.5 Å². The third kappa shape index (κ3) is 3.51. The van der Waals surface area contributed by atoms with Crippen molar-refractivity contribution < 1.29 is 4.79 Å². The van der Waals surface area contributed by atoms with E-state index in [1.165, 1.54) is 11.3 Å². The smallest absolute Gasteiger partial charge is 0.323 e. The molecule has 1 aliphatic heterocycles. The fourth-order valence-electron chi connectivity index (χ4n) is 2.64. The topological polar surface area (TPSA) is 61.4 Å². The van der Waals surface area contributed by atoms with Crippen LogP contribution in [0.4, 0.5) is 4.79 Å². The monoisotopic (exact) mass is 326 g/mol. The van der Waals surface area contributed by atoms with E-state index in [0.717, 1.165) is 42.1 Å². The Balaban J connectivity index is 1.94. The van der Waals surface area contributed by atoms with Crippen LogP contribution in [-0.4, -0.2) is 28.6 Å². The van der Waals surface area contributed by atoms with Crippen molar-refractivity contribution in [1.82, 2.24) is 9.47 Å². The first-order valence-electron chi connectivity index (χ1n) is 7.66. The Kier molecular flexibility index (Phi) is 4.58. The van der Waals surface area contributed by atoms with Gasteiger partial charge in [-0.1, -0.05) is 12.1 Å². The number of nitrogens with zero attached hydrogens (tertiary/aromatic N) is 4. The summed E-state index contributed by atoms with van der Waals surface area (Å²) in [5, 5.41) is 8.75. The van der Waals surface area contributed by atoms with Gasteiger partial charge in [0, 0.05) is 29.9 Å². The average molecular weight is 326 g/mol. The molecule has 3 rings (SSSR count). The second-order valence-electron chi connectivity index (χ2n) is 5.58. The van der Waals surface area contributed by atoms with Crippen molar-refractivity contribution in [2.24, 2.45) is 4.99 Å². The Morgan fingerprint density at radius 1 is 1.30 bits per heavy atom. The second kappa shape index (κ2) is 6.80. The maximum atomic E-state index is 12.3. The summed E-state index contributed by atoms with van der Waals surface area (Å²) in [5.41, 5.74) is 1.93. The SMILES string of the molecule is Cc1cn(-c2ccc(CC#N)cc2)/c(=N/C(=O)N2CCCC2)s1. The number of carbonyl (C=O) groups is 1. The van der Waals surface area contributed by atoms with Crippen LogP contribution in [0.1, 0.15) is 23.3 Å². The molecular weight excluding hydrogens is 308 g/mol. The fourth-order valence-corrected chi connectivity index (χ4v) is 3.47. The van der Waals surface area contributed by atoms with Gasteiger partial charge in [-0.3, -0.25) is 4.57 Å².